The first kappa shape index (κ1) is 19.3. The summed E-state index contributed by atoms with van der Waals surface area (Å²) in [4.78, 5) is 15.3. The monoisotopic (exact) mass is 388 g/mol. The number of hydrogen-bond acceptors (Lipinski definition) is 3. The molecule has 0 aliphatic carbocycles. The highest BCUT2D eigenvalue weighted by Gasteiger charge is 2.36. The summed E-state index contributed by atoms with van der Waals surface area (Å²) in [6.45, 7) is 8.31. The molecule has 3 aromatic carbocycles. The zero-order chi connectivity index (χ0) is 20.5. The summed E-state index contributed by atoms with van der Waals surface area (Å²) in [5.74, 6) is 0.871. The lowest BCUT2D eigenvalue weighted by atomic mass is 9.96. The normalized spacial score (nSPS) is 17.2. The molecular formula is C25H28N2O2. The van der Waals surface area contributed by atoms with Crippen molar-refractivity contribution in [3.63, 3.8) is 0 Å². The van der Waals surface area contributed by atoms with Crippen LogP contribution in [0.3, 0.4) is 0 Å². The zero-order valence-electron chi connectivity index (χ0n) is 17.5. The Morgan fingerprint density at radius 2 is 1.72 bits per heavy atom. The Morgan fingerprint density at radius 1 is 1.00 bits per heavy atom. The highest BCUT2D eigenvalue weighted by molar-refractivity contribution is 6.02. The molecule has 0 aromatic heterocycles. The van der Waals surface area contributed by atoms with Crippen molar-refractivity contribution >= 4 is 22.4 Å². The fourth-order valence-corrected chi connectivity index (χ4v) is 3.97. The standard InChI is InChI=1S/C25H28N2O2/c1-5-17(4)29-22-15-14-18-10-6-7-11-19(18)23(22)24-26-21-13-9-8-12-20(21)25(28)27(24)16(2)3/h6-17,24,26H,5H2,1-4H3. The molecule has 1 amide bonds. The third-order valence-corrected chi connectivity index (χ3v) is 5.63. The summed E-state index contributed by atoms with van der Waals surface area (Å²) >= 11 is 0. The van der Waals surface area contributed by atoms with Crippen LogP contribution in [0.2, 0.25) is 0 Å². The van der Waals surface area contributed by atoms with Gasteiger partial charge in [0.2, 0.25) is 0 Å². The van der Waals surface area contributed by atoms with E-state index >= 15 is 0 Å². The molecule has 29 heavy (non-hydrogen) atoms. The Bertz CT molecular complexity index is 1040. The summed E-state index contributed by atoms with van der Waals surface area (Å²) in [7, 11) is 0. The number of benzene rings is 3. The highest BCUT2D eigenvalue weighted by Crippen LogP contribution is 2.41. The van der Waals surface area contributed by atoms with Crippen molar-refractivity contribution in [1.29, 1.82) is 0 Å². The van der Waals surface area contributed by atoms with Crippen LogP contribution in [0, 0.1) is 0 Å². The van der Waals surface area contributed by atoms with Crippen molar-refractivity contribution in [2.24, 2.45) is 0 Å². The van der Waals surface area contributed by atoms with Crippen LogP contribution in [0.5, 0.6) is 5.75 Å². The first-order chi connectivity index (χ1) is 14.0. The van der Waals surface area contributed by atoms with Gasteiger partial charge in [0.15, 0.2) is 0 Å². The summed E-state index contributed by atoms with van der Waals surface area (Å²) in [5, 5.41) is 5.86. The number of nitrogens with zero attached hydrogens (tertiary/aromatic N) is 1. The van der Waals surface area contributed by atoms with Gasteiger partial charge in [-0.25, -0.2) is 0 Å². The number of nitrogens with one attached hydrogen (secondary N) is 1. The number of fused-ring (bicyclic) bond motifs is 2. The number of rotatable bonds is 5. The van der Waals surface area contributed by atoms with Gasteiger partial charge in [-0.3, -0.25) is 4.79 Å². The topological polar surface area (TPSA) is 41.6 Å². The minimum Gasteiger partial charge on any atom is -0.490 e. The predicted molar refractivity (Wildman–Crippen MR) is 118 cm³/mol. The molecule has 0 fully saturated rings. The van der Waals surface area contributed by atoms with Crippen LogP contribution in [-0.4, -0.2) is 23.0 Å². The first-order valence-corrected chi connectivity index (χ1v) is 10.4. The van der Waals surface area contributed by atoms with E-state index in [1.54, 1.807) is 0 Å². The second-order valence-corrected chi connectivity index (χ2v) is 7.93. The number of anilines is 1. The van der Waals surface area contributed by atoms with Gasteiger partial charge in [-0.2, -0.15) is 0 Å². The van der Waals surface area contributed by atoms with E-state index in [0.717, 1.165) is 34.2 Å². The molecule has 1 N–H and O–H groups in total. The molecule has 4 nitrogen and oxygen atoms in total. The average Bonchev–Trinajstić information content (AvgIpc) is 2.73. The molecule has 1 aliphatic heterocycles. The smallest absolute Gasteiger partial charge is 0.258 e. The molecule has 4 rings (SSSR count). The zero-order valence-corrected chi connectivity index (χ0v) is 17.5. The van der Waals surface area contributed by atoms with Crippen molar-refractivity contribution < 1.29 is 9.53 Å². The number of ether oxygens (including phenoxy) is 1. The quantitative estimate of drug-likeness (QED) is 0.583. The van der Waals surface area contributed by atoms with Crippen LogP contribution in [0.25, 0.3) is 10.8 Å². The molecule has 0 bridgehead atoms. The Labute approximate surface area is 172 Å². The van der Waals surface area contributed by atoms with E-state index in [-0.39, 0.29) is 24.2 Å². The van der Waals surface area contributed by atoms with Gasteiger partial charge in [-0.15, -0.1) is 0 Å². The van der Waals surface area contributed by atoms with Gasteiger partial charge in [0.25, 0.3) is 5.91 Å². The molecule has 150 valence electrons. The van der Waals surface area contributed by atoms with E-state index in [1.165, 1.54) is 0 Å². The Morgan fingerprint density at radius 3 is 2.48 bits per heavy atom. The number of para-hydroxylation sites is 1. The molecule has 0 saturated heterocycles. The lowest BCUT2D eigenvalue weighted by Gasteiger charge is -2.41. The second-order valence-electron chi connectivity index (χ2n) is 7.93. The summed E-state index contributed by atoms with van der Waals surface area (Å²) in [6, 6.07) is 20.2. The van der Waals surface area contributed by atoms with Crippen molar-refractivity contribution in [2.45, 2.75) is 52.4 Å². The Balaban J connectivity index is 1.94. The number of hydrogen-bond donors (Lipinski definition) is 1. The summed E-state index contributed by atoms with van der Waals surface area (Å²) in [6.07, 6.45) is 0.705. The van der Waals surface area contributed by atoms with Crippen LogP contribution >= 0.6 is 0 Å². The van der Waals surface area contributed by atoms with Gasteiger partial charge < -0.3 is 15.0 Å². The third-order valence-electron chi connectivity index (χ3n) is 5.63. The minimum atomic E-state index is -0.303. The number of carbonyl (C=O) groups is 1. The van der Waals surface area contributed by atoms with E-state index in [2.05, 4.69) is 51.2 Å². The molecule has 1 aliphatic rings. The van der Waals surface area contributed by atoms with Crippen molar-refractivity contribution in [1.82, 2.24) is 4.90 Å². The SMILES string of the molecule is CCC(C)Oc1ccc2ccccc2c1C1Nc2ccccc2C(=O)N1C(C)C. The molecule has 3 aromatic rings. The number of carbonyl (C=O) groups excluding carboxylic acids is 1. The van der Waals surface area contributed by atoms with Gasteiger partial charge in [0.1, 0.15) is 11.9 Å². The molecule has 0 radical (unpaired) electrons. The Kier molecular flexibility index (Phi) is 5.18. The predicted octanol–water partition coefficient (Wildman–Crippen LogP) is 5.99. The lowest BCUT2D eigenvalue weighted by molar-refractivity contribution is 0.0614. The van der Waals surface area contributed by atoms with E-state index in [9.17, 15) is 4.79 Å². The molecule has 0 saturated carbocycles. The van der Waals surface area contributed by atoms with Crippen molar-refractivity contribution in [3.05, 3.63) is 71.8 Å². The third kappa shape index (κ3) is 3.44. The molecule has 0 spiro atoms. The van der Waals surface area contributed by atoms with Crippen LogP contribution in [-0.2, 0) is 0 Å². The first-order valence-electron chi connectivity index (χ1n) is 10.4. The molecule has 2 atom stereocenters. The fourth-order valence-electron chi connectivity index (χ4n) is 3.97. The van der Waals surface area contributed by atoms with Gasteiger partial charge >= 0.3 is 0 Å². The van der Waals surface area contributed by atoms with E-state index < -0.39 is 0 Å². The second kappa shape index (κ2) is 7.78. The van der Waals surface area contributed by atoms with Crippen LogP contribution in [0.4, 0.5) is 5.69 Å². The van der Waals surface area contributed by atoms with Crippen LogP contribution < -0.4 is 10.1 Å². The minimum absolute atomic E-state index is 0.0313. The number of amides is 1. The molecule has 1 heterocycles. The fraction of sp³-hybridized carbons (Fsp3) is 0.320. The highest BCUT2D eigenvalue weighted by atomic mass is 16.5. The van der Waals surface area contributed by atoms with Gasteiger partial charge in [0.05, 0.1) is 11.7 Å². The van der Waals surface area contributed by atoms with Crippen LogP contribution in [0.15, 0.2) is 60.7 Å². The largest absolute Gasteiger partial charge is 0.490 e. The van der Waals surface area contributed by atoms with E-state index in [4.69, 9.17) is 4.74 Å². The van der Waals surface area contributed by atoms with Crippen LogP contribution in [0.1, 0.15) is 56.2 Å². The summed E-state index contributed by atoms with van der Waals surface area (Å²) < 4.78 is 6.33. The molecule has 4 heteroatoms. The molecular weight excluding hydrogens is 360 g/mol. The van der Waals surface area contributed by atoms with Gasteiger partial charge in [-0.05, 0) is 56.2 Å². The molecule has 2 unspecified atom stereocenters. The maximum Gasteiger partial charge on any atom is 0.258 e. The lowest BCUT2D eigenvalue weighted by Crippen LogP contribution is -2.46. The van der Waals surface area contributed by atoms with Gasteiger partial charge in [-0.1, -0.05) is 49.4 Å². The van der Waals surface area contributed by atoms with E-state index in [1.807, 2.05) is 47.4 Å². The average molecular weight is 389 g/mol. The maximum atomic E-state index is 13.4. The van der Waals surface area contributed by atoms with Gasteiger partial charge in [0, 0.05) is 17.3 Å². The van der Waals surface area contributed by atoms with E-state index in [0.29, 0.717) is 5.56 Å². The Hall–Kier alpha value is -3.01. The van der Waals surface area contributed by atoms with Crippen molar-refractivity contribution in [3.8, 4) is 5.75 Å². The maximum absolute atomic E-state index is 13.4. The summed E-state index contributed by atoms with van der Waals surface area (Å²) in [5.41, 5.74) is 2.59. The van der Waals surface area contributed by atoms with Crippen molar-refractivity contribution in [2.75, 3.05) is 5.32 Å².